The molecule has 2 aliphatic heterocycles. The predicted molar refractivity (Wildman–Crippen MR) is 169 cm³/mol. The normalized spacial score (nSPS) is 16.2. The minimum atomic E-state index is -0.430. The topological polar surface area (TPSA) is 133 Å². The molecule has 0 atom stereocenters. The number of amides is 2. The molecular weight excluding hydrogens is 576 g/mol. The van der Waals surface area contributed by atoms with Crippen LogP contribution in [0.3, 0.4) is 0 Å². The van der Waals surface area contributed by atoms with Gasteiger partial charge in [0, 0.05) is 57.0 Å². The minimum absolute atomic E-state index is 0.218. The molecule has 42 heavy (non-hydrogen) atoms. The number of likely N-dealkylation sites (tertiary alicyclic amines) is 2. The van der Waals surface area contributed by atoms with Gasteiger partial charge < -0.3 is 25.0 Å². The minimum Gasteiger partial charge on any atom is -0.444 e. The van der Waals surface area contributed by atoms with E-state index >= 15 is 0 Å². The number of aliphatic imine (C=N–C) groups is 1. The summed E-state index contributed by atoms with van der Waals surface area (Å²) in [5, 5.41) is 3.04. The Hall–Kier alpha value is -3.19. The highest BCUT2D eigenvalue weighted by molar-refractivity contribution is 7.80. The van der Waals surface area contributed by atoms with E-state index < -0.39 is 11.2 Å². The average molecular weight is 621 g/mol. The van der Waals surface area contributed by atoms with E-state index in [4.69, 9.17) is 27.4 Å². The van der Waals surface area contributed by atoms with Crippen molar-refractivity contribution in [1.82, 2.24) is 28.9 Å². The lowest BCUT2D eigenvalue weighted by Crippen LogP contribution is -2.44. The van der Waals surface area contributed by atoms with Crippen LogP contribution in [0.15, 0.2) is 42.4 Å². The van der Waals surface area contributed by atoms with Crippen LogP contribution in [0, 0.1) is 0 Å². The first-order valence-corrected chi connectivity index (χ1v) is 14.8. The molecule has 0 radical (unpaired) electrons. The van der Waals surface area contributed by atoms with Gasteiger partial charge >= 0.3 is 12.2 Å². The molecule has 2 amide bonds. The molecule has 232 valence electrons. The molecule has 0 saturated carbocycles. The Morgan fingerprint density at radius 2 is 1.24 bits per heavy atom. The summed E-state index contributed by atoms with van der Waals surface area (Å²) in [6, 6.07) is 0.463. The first-order valence-electron chi connectivity index (χ1n) is 14.0. The summed E-state index contributed by atoms with van der Waals surface area (Å²) >= 11 is 9.70. The van der Waals surface area contributed by atoms with Crippen molar-refractivity contribution in [2.75, 3.05) is 26.2 Å². The van der Waals surface area contributed by atoms with Crippen LogP contribution < -0.4 is 5.73 Å². The molecule has 4 heterocycles. The largest absolute Gasteiger partial charge is 0.444 e. The maximum absolute atomic E-state index is 11.7. The summed E-state index contributed by atoms with van der Waals surface area (Å²) in [6.45, 7) is 14.0. The quantitative estimate of drug-likeness (QED) is 0.359. The van der Waals surface area contributed by atoms with E-state index in [-0.39, 0.29) is 24.3 Å². The molecule has 0 aromatic carbocycles. The highest BCUT2D eigenvalue weighted by Gasteiger charge is 2.27. The van der Waals surface area contributed by atoms with E-state index in [0.717, 1.165) is 38.8 Å². The van der Waals surface area contributed by atoms with Crippen molar-refractivity contribution in [2.45, 2.75) is 90.5 Å². The fourth-order valence-corrected chi connectivity index (χ4v) is 4.23. The molecule has 2 N–H and O–H groups in total. The third-order valence-electron chi connectivity index (χ3n) is 5.99. The van der Waals surface area contributed by atoms with Crippen molar-refractivity contribution >= 4 is 46.9 Å². The van der Waals surface area contributed by atoms with Crippen LogP contribution in [0.4, 0.5) is 9.59 Å². The summed E-state index contributed by atoms with van der Waals surface area (Å²) in [5.74, 6) is 0. The number of aromatic nitrogens is 4. The SMILES string of the molecule is CC(C)(C)OC(=O)N1CCC(N)CC1.CC(C)(C)OC(=O)N1CCC(N=C=S)CC1.S=C(n1ccnc1)n1ccnc1. The van der Waals surface area contributed by atoms with Crippen molar-refractivity contribution in [1.29, 1.82) is 0 Å². The molecule has 0 spiro atoms. The van der Waals surface area contributed by atoms with E-state index in [0.29, 0.717) is 18.2 Å². The van der Waals surface area contributed by atoms with Gasteiger partial charge in [0.05, 0.1) is 11.2 Å². The number of ether oxygens (including phenoxy) is 2. The van der Waals surface area contributed by atoms with E-state index in [2.05, 4.69) is 32.3 Å². The van der Waals surface area contributed by atoms with Crippen LogP contribution in [-0.4, -0.2) is 101 Å². The summed E-state index contributed by atoms with van der Waals surface area (Å²) < 4.78 is 14.0. The van der Waals surface area contributed by atoms with E-state index in [1.807, 2.05) is 41.5 Å². The standard InChI is InChI=1S/C11H18N2O2S.C10H20N2O2.C7H6N4S/c1-11(2,3)15-10(14)13-6-4-9(5-7-13)12-8-16;1-10(2,3)14-9(13)12-6-4-8(11)5-7-12;12-7(10-3-1-8-5-10)11-4-2-9-6-11/h9H,4-7H2,1-3H3;8H,4-7,11H2,1-3H3;1-6H. The molecule has 2 aliphatic rings. The third-order valence-corrected chi connectivity index (χ3v) is 6.52. The van der Waals surface area contributed by atoms with Gasteiger partial charge in [-0.25, -0.2) is 24.5 Å². The molecule has 4 rings (SSSR count). The number of thiocarbonyl (C=S) groups is 2. The van der Waals surface area contributed by atoms with Crippen LogP contribution in [-0.2, 0) is 9.47 Å². The van der Waals surface area contributed by atoms with Gasteiger partial charge in [0.15, 0.2) is 5.11 Å². The Morgan fingerprint density at radius 3 is 1.57 bits per heavy atom. The first-order chi connectivity index (χ1) is 19.7. The number of hydrogen-bond acceptors (Lipinski definition) is 10. The number of carbonyl (C=O) groups is 2. The van der Waals surface area contributed by atoms with Gasteiger partial charge in [-0.05, 0) is 91.7 Å². The van der Waals surface area contributed by atoms with Gasteiger partial charge in [0.2, 0.25) is 0 Å². The molecule has 0 aliphatic carbocycles. The fraction of sp³-hybridized carbons (Fsp3) is 0.643. The number of nitrogens with zero attached hydrogens (tertiary/aromatic N) is 7. The Kier molecular flexibility index (Phi) is 13.7. The van der Waals surface area contributed by atoms with E-state index in [9.17, 15) is 9.59 Å². The zero-order chi connectivity index (χ0) is 31.3. The number of carbonyl (C=O) groups excluding carboxylic acids is 2. The van der Waals surface area contributed by atoms with Crippen LogP contribution in [0.1, 0.15) is 67.2 Å². The molecule has 0 unspecified atom stereocenters. The lowest BCUT2D eigenvalue weighted by Gasteiger charge is -2.32. The zero-order valence-corrected chi connectivity index (χ0v) is 27.1. The second kappa shape index (κ2) is 16.4. The second-order valence-electron chi connectivity index (χ2n) is 11.9. The maximum Gasteiger partial charge on any atom is 0.410 e. The number of imidazole rings is 2. The van der Waals surface area contributed by atoms with Crippen molar-refractivity contribution in [3.8, 4) is 0 Å². The summed E-state index contributed by atoms with van der Waals surface area (Å²) in [5.41, 5.74) is 4.91. The van der Waals surface area contributed by atoms with Crippen molar-refractivity contribution in [3.05, 3.63) is 37.4 Å². The Bertz CT molecular complexity index is 1120. The molecular formula is C28H44N8O4S2. The van der Waals surface area contributed by atoms with Crippen molar-refractivity contribution < 1.29 is 19.1 Å². The molecule has 14 heteroatoms. The number of piperidine rings is 2. The third kappa shape index (κ3) is 13.2. The Morgan fingerprint density at radius 1 is 0.833 bits per heavy atom. The highest BCUT2D eigenvalue weighted by atomic mass is 32.1. The van der Waals surface area contributed by atoms with Crippen LogP contribution in [0.5, 0.6) is 0 Å². The Labute approximate surface area is 259 Å². The number of rotatable bonds is 1. The average Bonchev–Trinajstić information content (AvgIpc) is 3.63. The second-order valence-corrected chi connectivity index (χ2v) is 12.5. The van der Waals surface area contributed by atoms with E-state index in [1.54, 1.807) is 56.4 Å². The number of nitrogens with two attached hydrogens (primary N) is 1. The van der Waals surface area contributed by atoms with Crippen LogP contribution >= 0.6 is 24.4 Å². The first kappa shape index (κ1) is 35.0. The molecule has 0 bridgehead atoms. The zero-order valence-electron chi connectivity index (χ0n) is 25.4. The van der Waals surface area contributed by atoms with Gasteiger partial charge in [0.1, 0.15) is 23.9 Å². The molecule has 2 saturated heterocycles. The lowest BCUT2D eigenvalue weighted by molar-refractivity contribution is 0.0196. The van der Waals surface area contributed by atoms with Crippen molar-refractivity contribution in [2.24, 2.45) is 10.7 Å². The smallest absolute Gasteiger partial charge is 0.410 e. The number of isothiocyanates is 1. The summed E-state index contributed by atoms with van der Waals surface area (Å²) in [7, 11) is 0. The van der Waals surface area contributed by atoms with Gasteiger partial charge in [0.25, 0.3) is 0 Å². The predicted octanol–water partition coefficient (Wildman–Crippen LogP) is 4.59. The van der Waals surface area contributed by atoms with Gasteiger partial charge in [-0.15, -0.1) is 0 Å². The molecule has 2 aromatic rings. The molecule has 12 nitrogen and oxygen atoms in total. The van der Waals surface area contributed by atoms with Gasteiger partial charge in [-0.1, -0.05) is 0 Å². The van der Waals surface area contributed by atoms with Crippen molar-refractivity contribution in [3.63, 3.8) is 0 Å². The molecule has 2 aromatic heterocycles. The van der Waals surface area contributed by atoms with E-state index in [1.165, 1.54) is 0 Å². The summed E-state index contributed by atoms with van der Waals surface area (Å²) in [4.78, 5) is 38.6. The monoisotopic (exact) mass is 620 g/mol. The van der Waals surface area contributed by atoms with Crippen LogP contribution in [0.2, 0.25) is 0 Å². The fourth-order valence-electron chi connectivity index (χ4n) is 3.86. The maximum atomic E-state index is 11.7. The molecule has 2 fully saturated rings. The Balaban J connectivity index is 0.000000222. The van der Waals surface area contributed by atoms with Crippen LogP contribution in [0.25, 0.3) is 0 Å². The summed E-state index contributed by atoms with van der Waals surface area (Å²) in [6.07, 6.45) is 13.2. The lowest BCUT2D eigenvalue weighted by atomic mass is 10.1. The number of hydrogen-bond donors (Lipinski definition) is 1. The van der Waals surface area contributed by atoms with Gasteiger partial charge in [-0.3, -0.25) is 9.13 Å². The van der Waals surface area contributed by atoms with Gasteiger partial charge in [-0.2, -0.15) is 0 Å². The highest BCUT2D eigenvalue weighted by Crippen LogP contribution is 2.17.